The van der Waals surface area contributed by atoms with E-state index in [9.17, 15) is 19.2 Å². The van der Waals surface area contributed by atoms with Gasteiger partial charge in [0.05, 0.1) is 26.6 Å². The Bertz CT molecular complexity index is 1630. The largest absolute Gasteiger partial charge is 0.489 e. The van der Waals surface area contributed by atoms with Crippen molar-refractivity contribution in [3.05, 3.63) is 77.9 Å². The summed E-state index contributed by atoms with van der Waals surface area (Å²) in [7, 11) is 1.35. The SMILES string of the molecule is COC(=O)CC(C)COc1cc(NC(=O)Cc2ccc(NC(=O)Nc3ccccc3C)cc2)ccc1OC1CCN(C(=O)OC(C)(C)C)CC1. The Morgan fingerprint density at radius 3 is 2.22 bits per heavy atom. The lowest BCUT2D eigenvalue weighted by atomic mass is 10.1. The lowest BCUT2D eigenvalue weighted by Gasteiger charge is -2.33. The molecule has 0 saturated carbocycles. The van der Waals surface area contributed by atoms with Crippen LogP contribution < -0.4 is 25.4 Å². The highest BCUT2D eigenvalue weighted by Gasteiger charge is 2.28. The number of aryl methyl sites for hydroxylation is 1. The molecule has 1 heterocycles. The third-order valence-electron chi connectivity index (χ3n) is 7.85. The number of piperidine rings is 1. The molecule has 1 unspecified atom stereocenters. The second-order valence-electron chi connectivity index (χ2n) is 13.5. The molecular weight excluding hydrogens is 640 g/mol. The first kappa shape index (κ1) is 37.6. The fourth-order valence-corrected chi connectivity index (χ4v) is 5.21. The minimum atomic E-state index is -0.567. The van der Waals surface area contributed by atoms with Crippen molar-refractivity contribution in [1.82, 2.24) is 4.90 Å². The Hall–Kier alpha value is -5.26. The molecule has 268 valence electrons. The smallest absolute Gasteiger partial charge is 0.410 e. The molecule has 0 aliphatic carbocycles. The van der Waals surface area contributed by atoms with Gasteiger partial charge >= 0.3 is 18.1 Å². The number of benzene rings is 3. The topological polar surface area (TPSA) is 145 Å². The monoisotopic (exact) mass is 688 g/mol. The minimum Gasteiger partial charge on any atom is -0.489 e. The van der Waals surface area contributed by atoms with Crippen molar-refractivity contribution in [2.45, 2.75) is 72.0 Å². The number of rotatable bonds is 12. The van der Waals surface area contributed by atoms with Crippen molar-refractivity contribution in [1.29, 1.82) is 0 Å². The maximum atomic E-state index is 13.0. The molecule has 1 aliphatic rings. The fraction of sp³-hybridized carbons (Fsp3) is 0.421. The molecule has 0 spiro atoms. The molecule has 0 radical (unpaired) electrons. The molecular formula is C38H48N4O8. The number of likely N-dealkylation sites (tertiary alicyclic amines) is 1. The number of hydrogen-bond acceptors (Lipinski definition) is 8. The van der Waals surface area contributed by atoms with Crippen molar-refractivity contribution < 1.29 is 38.1 Å². The predicted molar refractivity (Wildman–Crippen MR) is 192 cm³/mol. The number of amides is 4. The summed E-state index contributed by atoms with van der Waals surface area (Å²) in [5.74, 6) is 0.226. The van der Waals surface area contributed by atoms with Crippen LogP contribution in [-0.2, 0) is 25.5 Å². The average molecular weight is 689 g/mol. The van der Waals surface area contributed by atoms with Crippen molar-refractivity contribution in [2.24, 2.45) is 5.92 Å². The highest BCUT2D eigenvalue weighted by Crippen LogP contribution is 2.34. The van der Waals surface area contributed by atoms with Crippen LogP contribution in [0.1, 0.15) is 58.1 Å². The van der Waals surface area contributed by atoms with Crippen molar-refractivity contribution in [3.63, 3.8) is 0 Å². The molecule has 4 amide bonds. The molecule has 12 heteroatoms. The van der Waals surface area contributed by atoms with Gasteiger partial charge in [0.15, 0.2) is 11.5 Å². The van der Waals surface area contributed by atoms with Crippen molar-refractivity contribution in [2.75, 3.05) is 42.8 Å². The Morgan fingerprint density at radius 2 is 1.56 bits per heavy atom. The number of anilines is 3. The molecule has 1 fully saturated rings. The summed E-state index contributed by atoms with van der Waals surface area (Å²) in [6.07, 6.45) is 1.03. The van der Waals surface area contributed by atoms with Crippen LogP contribution >= 0.6 is 0 Å². The third kappa shape index (κ3) is 12.0. The van der Waals surface area contributed by atoms with Gasteiger partial charge in [-0.3, -0.25) is 9.59 Å². The molecule has 0 aromatic heterocycles. The molecule has 1 aliphatic heterocycles. The zero-order valence-electron chi connectivity index (χ0n) is 29.7. The number of carbonyl (C=O) groups is 4. The summed E-state index contributed by atoms with van der Waals surface area (Å²) < 4.78 is 22.8. The summed E-state index contributed by atoms with van der Waals surface area (Å²) in [4.78, 5) is 51.4. The summed E-state index contributed by atoms with van der Waals surface area (Å²) in [6.45, 7) is 10.5. The molecule has 0 bridgehead atoms. The van der Waals surface area contributed by atoms with E-state index in [0.717, 1.165) is 16.8 Å². The van der Waals surface area contributed by atoms with Crippen molar-refractivity contribution in [3.8, 4) is 11.5 Å². The van der Waals surface area contributed by atoms with Crippen LogP contribution in [0.2, 0.25) is 0 Å². The summed E-state index contributed by atoms with van der Waals surface area (Å²) in [6, 6.07) is 19.4. The van der Waals surface area contributed by atoms with Crippen LogP contribution in [0.5, 0.6) is 11.5 Å². The quantitative estimate of drug-likeness (QED) is 0.170. The molecule has 3 aromatic rings. The molecule has 4 rings (SSSR count). The Labute approximate surface area is 293 Å². The Kier molecular flexibility index (Phi) is 13.1. The van der Waals surface area contributed by atoms with Gasteiger partial charge in [-0.2, -0.15) is 0 Å². The van der Waals surface area contributed by atoms with Gasteiger partial charge in [-0.1, -0.05) is 37.3 Å². The van der Waals surface area contributed by atoms with Gasteiger partial charge in [0.2, 0.25) is 5.91 Å². The van der Waals surface area contributed by atoms with Gasteiger partial charge in [-0.15, -0.1) is 0 Å². The lowest BCUT2D eigenvalue weighted by molar-refractivity contribution is -0.141. The fourth-order valence-electron chi connectivity index (χ4n) is 5.21. The molecule has 1 atom stereocenters. The number of urea groups is 1. The lowest BCUT2D eigenvalue weighted by Crippen LogP contribution is -2.44. The number of methoxy groups -OCH3 is 1. The average Bonchev–Trinajstić information content (AvgIpc) is 3.06. The van der Waals surface area contributed by atoms with Crippen LogP contribution in [-0.4, -0.2) is 67.4 Å². The first-order valence-electron chi connectivity index (χ1n) is 16.8. The normalized spacial score (nSPS) is 13.8. The Balaban J connectivity index is 1.36. The molecule has 1 saturated heterocycles. The first-order valence-corrected chi connectivity index (χ1v) is 16.8. The predicted octanol–water partition coefficient (Wildman–Crippen LogP) is 7.18. The maximum absolute atomic E-state index is 13.0. The van der Waals surface area contributed by atoms with E-state index in [1.165, 1.54) is 7.11 Å². The summed E-state index contributed by atoms with van der Waals surface area (Å²) in [5.41, 5.74) is 2.98. The minimum absolute atomic E-state index is 0.108. The van der Waals surface area contributed by atoms with Crippen LogP contribution in [0.25, 0.3) is 0 Å². The number of nitrogens with one attached hydrogen (secondary N) is 3. The molecule has 50 heavy (non-hydrogen) atoms. The zero-order valence-corrected chi connectivity index (χ0v) is 29.7. The van der Waals surface area contributed by atoms with E-state index in [1.54, 1.807) is 47.4 Å². The van der Waals surface area contributed by atoms with E-state index in [-0.39, 0.29) is 55.5 Å². The molecule has 3 aromatic carbocycles. The zero-order chi connectivity index (χ0) is 36.3. The van der Waals surface area contributed by atoms with E-state index in [1.807, 2.05) is 58.9 Å². The molecule has 12 nitrogen and oxygen atoms in total. The second-order valence-corrected chi connectivity index (χ2v) is 13.5. The second kappa shape index (κ2) is 17.4. The summed E-state index contributed by atoms with van der Waals surface area (Å²) in [5, 5.41) is 8.55. The maximum Gasteiger partial charge on any atom is 0.410 e. The number of nitrogens with zero attached hydrogens (tertiary/aromatic N) is 1. The standard InChI is InChI=1S/C38H48N4O8/c1-25(21-35(44)47-6)24-48-33-23-29(15-16-32(33)49-30-17-19-42(20-18-30)37(46)50-38(3,4)5)39-34(43)22-27-11-13-28(14-12-27)40-36(45)41-31-10-8-7-9-26(31)2/h7-16,23,25,30H,17-22,24H2,1-6H3,(H,39,43)(H2,40,41,45). The first-order chi connectivity index (χ1) is 23.8. The van der Waals surface area contributed by atoms with Gasteiger partial charge < -0.3 is 39.8 Å². The van der Waals surface area contributed by atoms with E-state index >= 15 is 0 Å². The van der Waals surface area contributed by atoms with Gasteiger partial charge in [-0.05, 0) is 69.2 Å². The highest BCUT2D eigenvalue weighted by atomic mass is 16.6. The van der Waals surface area contributed by atoms with E-state index < -0.39 is 5.60 Å². The third-order valence-corrected chi connectivity index (χ3v) is 7.85. The van der Waals surface area contributed by atoms with Crippen LogP contribution in [0.3, 0.4) is 0 Å². The van der Waals surface area contributed by atoms with E-state index in [0.29, 0.717) is 48.8 Å². The number of para-hydroxylation sites is 1. The number of ether oxygens (including phenoxy) is 4. The van der Waals surface area contributed by atoms with Crippen LogP contribution in [0.15, 0.2) is 66.7 Å². The van der Waals surface area contributed by atoms with Gasteiger partial charge in [0, 0.05) is 55.0 Å². The van der Waals surface area contributed by atoms with E-state index in [2.05, 4.69) is 16.0 Å². The van der Waals surface area contributed by atoms with Crippen molar-refractivity contribution >= 4 is 41.1 Å². The highest BCUT2D eigenvalue weighted by molar-refractivity contribution is 6.00. The van der Waals surface area contributed by atoms with Gasteiger partial charge in [0.1, 0.15) is 11.7 Å². The molecule has 3 N–H and O–H groups in total. The number of carbonyl (C=O) groups excluding carboxylic acids is 4. The van der Waals surface area contributed by atoms with Crippen LogP contribution in [0, 0.1) is 12.8 Å². The summed E-state index contributed by atoms with van der Waals surface area (Å²) >= 11 is 0. The van der Waals surface area contributed by atoms with E-state index in [4.69, 9.17) is 18.9 Å². The number of hydrogen-bond donors (Lipinski definition) is 3. The van der Waals surface area contributed by atoms with Gasteiger partial charge in [0.25, 0.3) is 0 Å². The number of esters is 1. The van der Waals surface area contributed by atoms with Gasteiger partial charge in [-0.25, -0.2) is 9.59 Å². The van der Waals surface area contributed by atoms with Crippen LogP contribution in [0.4, 0.5) is 26.7 Å². The Morgan fingerprint density at radius 1 is 0.880 bits per heavy atom.